The standard InChI is InChI=1S/C10H17NO4/c1-6(2)5-15-10(14)11-8-3-7(4-8)9(12)13/h6-8H,3-5H2,1-2H3,(H,11,14)(H,12,13). The molecular formula is C10H17NO4. The van der Waals surface area contributed by atoms with E-state index in [0.29, 0.717) is 25.4 Å². The Kier molecular flexibility index (Phi) is 3.94. The van der Waals surface area contributed by atoms with Crippen molar-refractivity contribution in [3.05, 3.63) is 0 Å². The minimum Gasteiger partial charge on any atom is -0.481 e. The molecule has 1 saturated carbocycles. The van der Waals surface area contributed by atoms with Gasteiger partial charge < -0.3 is 15.2 Å². The molecule has 0 aromatic heterocycles. The summed E-state index contributed by atoms with van der Waals surface area (Å²) >= 11 is 0. The van der Waals surface area contributed by atoms with Crippen molar-refractivity contribution in [1.29, 1.82) is 0 Å². The number of carbonyl (C=O) groups is 2. The van der Waals surface area contributed by atoms with Crippen LogP contribution >= 0.6 is 0 Å². The summed E-state index contributed by atoms with van der Waals surface area (Å²) in [4.78, 5) is 21.6. The number of carboxylic acid groups (broad SMARTS) is 1. The Balaban J connectivity index is 2.11. The summed E-state index contributed by atoms with van der Waals surface area (Å²) in [6.07, 6.45) is 0.565. The number of nitrogens with one attached hydrogen (secondary N) is 1. The van der Waals surface area contributed by atoms with Gasteiger partial charge in [0.05, 0.1) is 12.5 Å². The monoisotopic (exact) mass is 215 g/mol. The number of hydrogen-bond donors (Lipinski definition) is 2. The second kappa shape index (κ2) is 5.00. The lowest BCUT2D eigenvalue weighted by atomic mass is 9.80. The highest BCUT2D eigenvalue weighted by atomic mass is 16.5. The third-order valence-corrected chi connectivity index (χ3v) is 2.36. The summed E-state index contributed by atoms with van der Waals surface area (Å²) in [5, 5.41) is 11.2. The van der Waals surface area contributed by atoms with Crippen molar-refractivity contribution >= 4 is 12.1 Å². The first-order valence-electron chi connectivity index (χ1n) is 5.15. The maximum Gasteiger partial charge on any atom is 0.407 e. The molecule has 1 rings (SSSR count). The van der Waals surface area contributed by atoms with Gasteiger partial charge in [-0.3, -0.25) is 4.79 Å². The van der Waals surface area contributed by atoms with Crippen LogP contribution in [-0.4, -0.2) is 29.8 Å². The second-order valence-electron chi connectivity index (χ2n) is 4.34. The van der Waals surface area contributed by atoms with E-state index in [2.05, 4.69) is 5.32 Å². The van der Waals surface area contributed by atoms with E-state index in [-0.39, 0.29) is 12.0 Å². The van der Waals surface area contributed by atoms with Crippen molar-refractivity contribution in [2.24, 2.45) is 11.8 Å². The van der Waals surface area contributed by atoms with Gasteiger partial charge >= 0.3 is 12.1 Å². The number of amides is 1. The number of aliphatic carboxylic acids is 1. The predicted octanol–water partition coefficient (Wildman–Crippen LogP) is 1.23. The molecule has 0 heterocycles. The molecular weight excluding hydrogens is 198 g/mol. The van der Waals surface area contributed by atoms with Crippen LogP contribution in [-0.2, 0) is 9.53 Å². The van der Waals surface area contributed by atoms with E-state index in [1.54, 1.807) is 0 Å². The molecule has 5 heteroatoms. The summed E-state index contributed by atoms with van der Waals surface area (Å²) in [7, 11) is 0. The highest BCUT2D eigenvalue weighted by molar-refractivity contribution is 5.72. The van der Waals surface area contributed by atoms with Gasteiger partial charge in [-0.25, -0.2) is 4.79 Å². The van der Waals surface area contributed by atoms with Crippen molar-refractivity contribution in [3.63, 3.8) is 0 Å². The van der Waals surface area contributed by atoms with Crippen LogP contribution in [0.5, 0.6) is 0 Å². The molecule has 1 aliphatic carbocycles. The molecule has 0 aromatic rings. The Labute approximate surface area is 88.8 Å². The molecule has 0 unspecified atom stereocenters. The fourth-order valence-electron chi connectivity index (χ4n) is 1.39. The van der Waals surface area contributed by atoms with Gasteiger partial charge in [0.15, 0.2) is 0 Å². The molecule has 1 amide bonds. The van der Waals surface area contributed by atoms with Gasteiger partial charge in [0.25, 0.3) is 0 Å². The summed E-state index contributed by atoms with van der Waals surface area (Å²) in [6, 6.07) is -0.0363. The molecule has 86 valence electrons. The van der Waals surface area contributed by atoms with E-state index in [1.165, 1.54) is 0 Å². The molecule has 0 aromatic carbocycles. The van der Waals surface area contributed by atoms with Gasteiger partial charge in [0, 0.05) is 6.04 Å². The average Bonchev–Trinajstić information content (AvgIpc) is 2.06. The summed E-state index contributed by atoms with van der Waals surface area (Å²) < 4.78 is 4.91. The summed E-state index contributed by atoms with van der Waals surface area (Å²) in [6.45, 7) is 4.30. The Morgan fingerprint density at radius 2 is 2.07 bits per heavy atom. The van der Waals surface area contributed by atoms with Crippen molar-refractivity contribution < 1.29 is 19.4 Å². The zero-order chi connectivity index (χ0) is 11.4. The second-order valence-corrected chi connectivity index (χ2v) is 4.34. The van der Waals surface area contributed by atoms with Crippen LogP contribution in [0.1, 0.15) is 26.7 Å². The third kappa shape index (κ3) is 3.77. The van der Waals surface area contributed by atoms with Crippen molar-refractivity contribution in [3.8, 4) is 0 Å². The zero-order valence-electron chi connectivity index (χ0n) is 9.03. The lowest BCUT2D eigenvalue weighted by molar-refractivity contribution is -0.145. The maximum atomic E-state index is 11.1. The Morgan fingerprint density at radius 3 is 2.53 bits per heavy atom. The number of carbonyl (C=O) groups excluding carboxylic acids is 1. The minimum atomic E-state index is -0.788. The first-order valence-corrected chi connectivity index (χ1v) is 5.15. The smallest absolute Gasteiger partial charge is 0.407 e. The molecule has 0 saturated heterocycles. The van der Waals surface area contributed by atoms with Crippen LogP contribution in [0.4, 0.5) is 4.79 Å². The third-order valence-electron chi connectivity index (χ3n) is 2.36. The van der Waals surface area contributed by atoms with Crippen molar-refractivity contribution in [2.45, 2.75) is 32.7 Å². The Morgan fingerprint density at radius 1 is 1.47 bits per heavy atom. The van der Waals surface area contributed by atoms with Crippen LogP contribution in [0.2, 0.25) is 0 Å². The summed E-state index contributed by atoms with van der Waals surface area (Å²) in [5.74, 6) is -0.784. The van der Waals surface area contributed by atoms with E-state index in [4.69, 9.17) is 9.84 Å². The SMILES string of the molecule is CC(C)COC(=O)NC1CC(C(=O)O)C1. The Bertz CT molecular complexity index is 246. The first kappa shape index (κ1) is 11.8. The van der Waals surface area contributed by atoms with E-state index in [9.17, 15) is 9.59 Å². The van der Waals surface area contributed by atoms with E-state index < -0.39 is 12.1 Å². The number of hydrogen-bond acceptors (Lipinski definition) is 3. The first-order chi connectivity index (χ1) is 6.99. The highest BCUT2D eigenvalue weighted by Gasteiger charge is 2.35. The average molecular weight is 215 g/mol. The lowest BCUT2D eigenvalue weighted by Crippen LogP contribution is -2.47. The van der Waals surface area contributed by atoms with Crippen LogP contribution in [0.15, 0.2) is 0 Å². The van der Waals surface area contributed by atoms with E-state index in [1.807, 2.05) is 13.8 Å². The molecule has 0 atom stereocenters. The van der Waals surface area contributed by atoms with Crippen LogP contribution < -0.4 is 5.32 Å². The fourth-order valence-corrected chi connectivity index (χ4v) is 1.39. The minimum absolute atomic E-state index is 0.0363. The summed E-state index contributed by atoms with van der Waals surface area (Å²) in [5.41, 5.74) is 0. The lowest BCUT2D eigenvalue weighted by Gasteiger charge is -2.32. The topological polar surface area (TPSA) is 75.6 Å². The normalized spacial score (nSPS) is 24.5. The van der Waals surface area contributed by atoms with Gasteiger partial charge in [-0.2, -0.15) is 0 Å². The van der Waals surface area contributed by atoms with Gasteiger partial charge in [-0.05, 0) is 18.8 Å². The number of ether oxygens (including phenoxy) is 1. The molecule has 5 nitrogen and oxygen atoms in total. The van der Waals surface area contributed by atoms with Gasteiger partial charge in [0.2, 0.25) is 0 Å². The van der Waals surface area contributed by atoms with Gasteiger partial charge in [0.1, 0.15) is 0 Å². The van der Waals surface area contributed by atoms with E-state index in [0.717, 1.165) is 0 Å². The van der Waals surface area contributed by atoms with Crippen molar-refractivity contribution in [2.75, 3.05) is 6.61 Å². The molecule has 2 N–H and O–H groups in total. The van der Waals surface area contributed by atoms with Gasteiger partial charge in [-0.1, -0.05) is 13.8 Å². The van der Waals surface area contributed by atoms with Crippen LogP contribution in [0.3, 0.4) is 0 Å². The van der Waals surface area contributed by atoms with Crippen LogP contribution in [0, 0.1) is 11.8 Å². The fraction of sp³-hybridized carbons (Fsp3) is 0.800. The van der Waals surface area contributed by atoms with E-state index >= 15 is 0 Å². The predicted molar refractivity (Wildman–Crippen MR) is 53.5 cm³/mol. The molecule has 15 heavy (non-hydrogen) atoms. The number of carboxylic acids is 1. The molecule has 0 radical (unpaired) electrons. The largest absolute Gasteiger partial charge is 0.481 e. The highest BCUT2D eigenvalue weighted by Crippen LogP contribution is 2.27. The van der Waals surface area contributed by atoms with Gasteiger partial charge in [-0.15, -0.1) is 0 Å². The number of rotatable bonds is 4. The van der Waals surface area contributed by atoms with Crippen LogP contribution in [0.25, 0.3) is 0 Å². The van der Waals surface area contributed by atoms with Crippen molar-refractivity contribution in [1.82, 2.24) is 5.32 Å². The zero-order valence-corrected chi connectivity index (χ0v) is 9.03. The molecule has 0 aliphatic heterocycles. The molecule has 1 aliphatic rings. The maximum absolute atomic E-state index is 11.1. The quantitative estimate of drug-likeness (QED) is 0.739. The molecule has 0 bridgehead atoms. The Hall–Kier alpha value is -1.26. The number of alkyl carbamates (subject to hydrolysis) is 1. The molecule has 0 spiro atoms. The molecule has 1 fully saturated rings.